The average Bonchev–Trinajstić information content (AvgIpc) is 3.31. The fourth-order valence-corrected chi connectivity index (χ4v) is 3.32. The molecule has 134 valence electrons. The van der Waals surface area contributed by atoms with Gasteiger partial charge in [0.15, 0.2) is 0 Å². The number of aryl methyl sites for hydroxylation is 1. The summed E-state index contributed by atoms with van der Waals surface area (Å²) in [6.45, 7) is 5.74. The summed E-state index contributed by atoms with van der Waals surface area (Å²) in [6, 6.07) is 15.9. The van der Waals surface area contributed by atoms with E-state index in [2.05, 4.69) is 25.4 Å². The Balaban J connectivity index is 1.29. The van der Waals surface area contributed by atoms with Gasteiger partial charge in [0.2, 0.25) is 11.8 Å². The van der Waals surface area contributed by atoms with Crippen LogP contribution in [0, 0.1) is 12.8 Å². The Morgan fingerprint density at radius 3 is 2.85 bits per heavy atom. The highest BCUT2D eigenvalue weighted by atomic mass is 16.4. The van der Waals surface area contributed by atoms with Crippen LogP contribution in [0.15, 0.2) is 52.9 Å². The lowest BCUT2D eigenvalue weighted by Gasteiger charge is -2.14. The van der Waals surface area contributed by atoms with Crippen LogP contribution in [0.1, 0.15) is 18.0 Å². The van der Waals surface area contributed by atoms with Gasteiger partial charge in [0.25, 0.3) is 0 Å². The minimum Gasteiger partial charge on any atom is -0.419 e. The number of pyridine rings is 1. The molecule has 3 aromatic rings. The highest BCUT2D eigenvalue weighted by Crippen LogP contribution is 2.21. The zero-order valence-electron chi connectivity index (χ0n) is 14.9. The molecule has 6 nitrogen and oxygen atoms in total. The van der Waals surface area contributed by atoms with Gasteiger partial charge in [0, 0.05) is 24.3 Å². The molecule has 1 aliphatic rings. The lowest BCUT2D eigenvalue weighted by Crippen LogP contribution is -2.23. The van der Waals surface area contributed by atoms with E-state index in [1.807, 2.05) is 55.5 Å². The molecule has 4 rings (SSSR count). The normalized spacial score (nSPS) is 17.5. The number of nitrogens with zero attached hydrogens (tertiary/aromatic N) is 4. The van der Waals surface area contributed by atoms with Crippen molar-refractivity contribution in [2.45, 2.75) is 19.9 Å². The van der Waals surface area contributed by atoms with E-state index in [1.165, 1.54) is 6.42 Å². The largest absolute Gasteiger partial charge is 0.419 e. The van der Waals surface area contributed by atoms with E-state index in [1.54, 1.807) is 0 Å². The van der Waals surface area contributed by atoms with Crippen LogP contribution in [0.2, 0.25) is 0 Å². The summed E-state index contributed by atoms with van der Waals surface area (Å²) in [5.41, 5.74) is 1.99. The Hall–Kier alpha value is -2.73. The predicted octanol–water partition coefficient (Wildman–Crippen LogP) is 3.37. The first kappa shape index (κ1) is 16.7. The monoisotopic (exact) mass is 349 g/mol. The molecule has 26 heavy (non-hydrogen) atoms. The average molecular weight is 349 g/mol. The van der Waals surface area contributed by atoms with Crippen LogP contribution in [0.3, 0.4) is 0 Å². The van der Waals surface area contributed by atoms with Gasteiger partial charge in [-0.1, -0.05) is 24.3 Å². The first-order valence-corrected chi connectivity index (χ1v) is 9.04. The number of hydrogen-bond donors (Lipinski definition) is 1. The van der Waals surface area contributed by atoms with E-state index in [9.17, 15) is 0 Å². The standard InChI is InChI=1S/C20H23N5O/c1-15-6-5-9-18(22-15)21-12-16-10-11-25(13-16)14-19-23-24-20(26-19)17-7-3-2-4-8-17/h2-9,16H,10-14H2,1H3,(H,21,22)/t16-/m0/s1. The summed E-state index contributed by atoms with van der Waals surface area (Å²) in [5, 5.41) is 11.8. The van der Waals surface area contributed by atoms with Gasteiger partial charge in [0.1, 0.15) is 5.82 Å². The van der Waals surface area contributed by atoms with Crippen LogP contribution >= 0.6 is 0 Å². The first-order valence-electron chi connectivity index (χ1n) is 9.04. The van der Waals surface area contributed by atoms with Crippen LogP contribution in [0.25, 0.3) is 11.5 Å². The number of benzene rings is 1. The summed E-state index contributed by atoms with van der Waals surface area (Å²) in [5.74, 6) is 2.82. The van der Waals surface area contributed by atoms with Gasteiger partial charge < -0.3 is 9.73 Å². The molecule has 3 heterocycles. The molecule has 2 aromatic heterocycles. The second kappa shape index (κ2) is 7.66. The van der Waals surface area contributed by atoms with Crippen molar-refractivity contribution in [1.82, 2.24) is 20.1 Å². The second-order valence-electron chi connectivity index (χ2n) is 6.80. The van der Waals surface area contributed by atoms with E-state index >= 15 is 0 Å². The molecule has 6 heteroatoms. The molecule has 1 saturated heterocycles. The minimum absolute atomic E-state index is 0.587. The maximum atomic E-state index is 5.82. The molecule has 1 aromatic carbocycles. The fraction of sp³-hybridized carbons (Fsp3) is 0.350. The maximum absolute atomic E-state index is 5.82. The Morgan fingerprint density at radius 2 is 2.00 bits per heavy atom. The fourth-order valence-electron chi connectivity index (χ4n) is 3.32. The summed E-state index contributed by atoms with van der Waals surface area (Å²) in [6.07, 6.45) is 1.17. The highest BCUT2D eigenvalue weighted by molar-refractivity contribution is 5.51. The molecule has 1 fully saturated rings. The quantitative estimate of drug-likeness (QED) is 0.736. The summed E-state index contributed by atoms with van der Waals surface area (Å²) in [4.78, 5) is 6.87. The van der Waals surface area contributed by atoms with Gasteiger partial charge in [-0.3, -0.25) is 4.90 Å². The van der Waals surface area contributed by atoms with Crippen LogP contribution in [-0.2, 0) is 6.54 Å². The van der Waals surface area contributed by atoms with Gasteiger partial charge in [0.05, 0.1) is 6.54 Å². The van der Waals surface area contributed by atoms with Gasteiger partial charge >= 0.3 is 0 Å². The van der Waals surface area contributed by atoms with Crippen molar-refractivity contribution in [3.63, 3.8) is 0 Å². The molecular formula is C20H23N5O. The molecule has 1 atom stereocenters. The van der Waals surface area contributed by atoms with Crippen LogP contribution in [0.5, 0.6) is 0 Å². The van der Waals surface area contributed by atoms with Gasteiger partial charge in [-0.05, 0) is 50.1 Å². The number of rotatable bonds is 6. The SMILES string of the molecule is Cc1cccc(NC[C@@H]2CCN(Cc3nnc(-c4ccccc4)o3)C2)n1. The third-order valence-electron chi connectivity index (χ3n) is 4.68. The number of aromatic nitrogens is 3. The molecule has 0 amide bonds. The van der Waals surface area contributed by atoms with E-state index in [4.69, 9.17) is 4.42 Å². The molecule has 0 aliphatic carbocycles. The smallest absolute Gasteiger partial charge is 0.247 e. The maximum Gasteiger partial charge on any atom is 0.247 e. The van der Waals surface area contributed by atoms with Crippen molar-refractivity contribution in [2.24, 2.45) is 5.92 Å². The predicted molar refractivity (Wildman–Crippen MR) is 101 cm³/mol. The Bertz CT molecular complexity index is 848. The molecule has 1 N–H and O–H groups in total. The number of likely N-dealkylation sites (tertiary alicyclic amines) is 1. The third kappa shape index (κ3) is 4.08. The molecule has 1 aliphatic heterocycles. The van der Waals surface area contributed by atoms with Crippen molar-refractivity contribution < 1.29 is 4.42 Å². The zero-order chi connectivity index (χ0) is 17.8. The second-order valence-corrected chi connectivity index (χ2v) is 6.80. The Kier molecular flexibility index (Phi) is 4.93. The van der Waals surface area contributed by atoms with Crippen LogP contribution < -0.4 is 5.32 Å². The third-order valence-corrected chi connectivity index (χ3v) is 4.68. The lowest BCUT2D eigenvalue weighted by atomic mass is 10.1. The van der Waals surface area contributed by atoms with Gasteiger partial charge in [-0.25, -0.2) is 4.98 Å². The number of anilines is 1. The Morgan fingerprint density at radius 1 is 1.12 bits per heavy atom. The molecule has 0 radical (unpaired) electrons. The van der Waals surface area contributed by atoms with Gasteiger partial charge in [-0.2, -0.15) is 0 Å². The summed E-state index contributed by atoms with van der Waals surface area (Å²) in [7, 11) is 0. The molecular weight excluding hydrogens is 326 g/mol. The van der Waals surface area contributed by atoms with Crippen molar-refractivity contribution in [1.29, 1.82) is 0 Å². The van der Waals surface area contributed by atoms with E-state index < -0.39 is 0 Å². The molecule has 0 saturated carbocycles. The van der Waals surface area contributed by atoms with Crippen molar-refractivity contribution in [3.8, 4) is 11.5 Å². The summed E-state index contributed by atoms with van der Waals surface area (Å²) < 4.78 is 5.82. The zero-order valence-corrected chi connectivity index (χ0v) is 14.9. The highest BCUT2D eigenvalue weighted by Gasteiger charge is 2.24. The number of nitrogens with one attached hydrogen (secondary N) is 1. The van der Waals surface area contributed by atoms with Crippen molar-refractivity contribution in [2.75, 3.05) is 25.0 Å². The minimum atomic E-state index is 0.587. The molecule has 0 bridgehead atoms. The van der Waals surface area contributed by atoms with Crippen LogP contribution in [0.4, 0.5) is 5.82 Å². The Labute approximate surface area is 153 Å². The van der Waals surface area contributed by atoms with Crippen LogP contribution in [-0.4, -0.2) is 39.7 Å². The van der Waals surface area contributed by atoms with Crippen molar-refractivity contribution in [3.05, 3.63) is 60.1 Å². The summed E-state index contributed by atoms with van der Waals surface area (Å²) >= 11 is 0. The molecule has 0 unspecified atom stereocenters. The van der Waals surface area contributed by atoms with Gasteiger partial charge in [-0.15, -0.1) is 10.2 Å². The first-order chi connectivity index (χ1) is 12.8. The lowest BCUT2D eigenvalue weighted by molar-refractivity contribution is 0.283. The molecule has 0 spiro atoms. The van der Waals surface area contributed by atoms with E-state index in [-0.39, 0.29) is 0 Å². The van der Waals surface area contributed by atoms with E-state index in [0.717, 1.165) is 36.7 Å². The topological polar surface area (TPSA) is 67.1 Å². The van der Waals surface area contributed by atoms with E-state index in [0.29, 0.717) is 24.2 Å². The van der Waals surface area contributed by atoms with Crippen molar-refractivity contribution >= 4 is 5.82 Å². The number of hydrogen-bond acceptors (Lipinski definition) is 6.